The van der Waals surface area contributed by atoms with Gasteiger partial charge in [0.2, 0.25) is 5.91 Å². The van der Waals surface area contributed by atoms with E-state index in [-0.39, 0.29) is 12.5 Å². The molecule has 3 rings (SSSR count). The molecule has 2 amide bonds. The van der Waals surface area contributed by atoms with Crippen LogP contribution in [-0.4, -0.2) is 41.1 Å². The molecule has 25 heavy (non-hydrogen) atoms. The number of carbonyl (C=O) groups is 3. The summed E-state index contributed by atoms with van der Waals surface area (Å²) in [6, 6.07) is 7.00. The number of para-hydroxylation sites is 2. The number of carboxylic acids is 1. The van der Waals surface area contributed by atoms with E-state index in [0.29, 0.717) is 24.3 Å². The Morgan fingerprint density at radius 2 is 1.96 bits per heavy atom. The van der Waals surface area contributed by atoms with Crippen LogP contribution in [0.15, 0.2) is 24.3 Å². The SMILES string of the molecule is C[C@@H]1Oc2ccccc2N(CC(=O)NC2(C(=O)O)CCCCC2)C1=O. The molecular weight excluding hydrogens is 324 g/mol. The van der Waals surface area contributed by atoms with Gasteiger partial charge in [-0.2, -0.15) is 0 Å². The maximum Gasteiger partial charge on any atom is 0.329 e. The second-order valence-electron chi connectivity index (χ2n) is 6.65. The molecule has 0 unspecified atom stereocenters. The summed E-state index contributed by atoms with van der Waals surface area (Å²) in [6.07, 6.45) is 2.64. The third kappa shape index (κ3) is 3.31. The fourth-order valence-electron chi connectivity index (χ4n) is 3.52. The van der Waals surface area contributed by atoms with Crippen LogP contribution in [0.5, 0.6) is 5.75 Å². The van der Waals surface area contributed by atoms with Gasteiger partial charge in [0.1, 0.15) is 17.8 Å². The van der Waals surface area contributed by atoms with Crippen LogP contribution in [0, 0.1) is 0 Å². The zero-order chi connectivity index (χ0) is 18.0. The van der Waals surface area contributed by atoms with Crippen molar-refractivity contribution < 1.29 is 24.2 Å². The third-order valence-corrected chi connectivity index (χ3v) is 4.87. The first kappa shape index (κ1) is 17.3. The molecule has 7 nitrogen and oxygen atoms in total. The number of nitrogens with one attached hydrogen (secondary N) is 1. The Morgan fingerprint density at radius 1 is 1.28 bits per heavy atom. The average molecular weight is 346 g/mol. The van der Waals surface area contributed by atoms with Crippen molar-refractivity contribution in [2.45, 2.75) is 50.7 Å². The van der Waals surface area contributed by atoms with Crippen molar-refractivity contribution in [1.82, 2.24) is 5.32 Å². The number of amides is 2. The minimum atomic E-state index is -1.23. The molecular formula is C18H22N2O5. The number of carboxylic acid groups (broad SMARTS) is 1. The molecule has 1 aromatic rings. The van der Waals surface area contributed by atoms with E-state index in [0.717, 1.165) is 19.3 Å². The number of aliphatic carboxylic acids is 1. The Kier molecular flexibility index (Phi) is 4.65. The van der Waals surface area contributed by atoms with Crippen molar-refractivity contribution in [2.75, 3.05) is 11.4 Å². The van der Waals surface area contributed by atoms with E-state index in [2.05, 4.69) is 5.32 Å². The zero-order valence-corrected chi connectivity index (χ0v) is 14.2. The van der Waals surface area contributed by atoms with Crippen LogP contribution >= 0.6 is 0 Å². The van der Waals surface area contributed by atoms with Crippen LogP contribution < -0.4 is 15.0 Å². The fraction of sp³-hybridized carbons (Fsp3) is 0.500. The van der Waals surface area contributed by atoms with Crippen LogP contribution in [0.25, 0.3) is 0 Å². The number of carbonyl (C=O) groups excluding carboxylic acids is 2. The van der Waals surface area contributed by atoms with E-state index >= 15 is 0 Å². The van der Waals surface area contributed by atoms with Gasteiger partial charge in [-0.05, 0) is 31.9 Å². The molecule has 1 aliphatic carbocycles. The van der Waals surface area contributed by atoms with Gasteiger partial charge in [-0.15, -0.1) is 0 Å². The minimum Gasteiger partial charge on any atom is -0.480 e. The lowest BCUT2D eigenvalue weighted by atomic mass is 9.81. The number of nitrogens with zero attached hydrogens (tertiary/aromatic N) is 1. The second kappa shape index (κ2) is 6.74. The van der Waals surface area contributed by atoms with Gasteiger partial charge in [-0.3, -0.25) is 14.5 Å². The van der Waals surface area contributed by atoms with Gasteiger partial charge in [-0.1, -0.05) is 31.4 Å². The van der Waals surface area contributed by atoms with E-state index in [9.17, 15) is 19.5 Å². The molecule has 0 saturated heterocycles. The van der Waals surface area contributed by atoms with E-state index in [1.807, 2.05) is 0 Å². The van der Waals surface area contributed by atoms with E-state index in [1.165, 1.54) is 4.90 Å². The normalized spacial score (nSPS) is 21.9. The highest BCUT2D eigenvalue weighted by Crippen LogP contribution is 2.34. The summed E-state index contributed by atoms with van der Waals surface area (Å²) in [5.74, 6) is -1.26. The van der Waals surface area contributed by atoms with Crippen molar-refractivity contribution in [2.24, 2.45) is 0 Å². The number of anilines is 1. The molecule has 7 heteroatoms. The summed E-state index contributed by atoms with van der Waals surface area (Å²) in [5, 5.41) is 12.3. The van der Waals surface area contributed by atoms with Crippen molar-refractivity contribution in [1.29, 1.82) is 0 Å². The highest BCUT2D eigenvalue weighted by Gasteiger charge is 2.42. The summed E-state index contributed by atoms with van der Waals surface area (Å²) in [4.78, 5) is 38.0. The molecule has 1 fully saturated rings. The van der Waals surface area contributed by atoms with Gasteiger partial charge in [0.15, 0.2) is 6.10 Å². The Morgan fingerprint density at radius 3 is 2.64 bits per heavy atom. The van der Waals surface area contributed by atoms with Gasteiger partial charge in [0.05, 0.1) is 5.69 Å². The molecule has 0 spiro atoms. The molecule has 2 N–H and O–H groups in total. The Labute approximate surface area is 146 Å². The standard InChI is InChI=1S/C18H22N2O5/c1-12-16(22)20(13-7-3-4-8-14(13)25-12)11-15(21)19-18(17(23)24)9-5-2-6-10-18/h3-4,7-8,12H,2,5-6,9-11H2,1H3,(H,19,21)(H,23,24)/t12-/m0/s1. The largest absolute Gasteiger partial charge is 0.480 e. The van der Waals surface area contributed by atoms with Crippen LogP contribution in [0.4, 0.5) is 5.69 Å². The quantitative estimate of drug-likeness (QED) is 0.865. The first-order valence-electron chi connectivity index (χ1n) is 8.54. The van der Waals surface area contributed by atoms with Gasteiger partial charge in [-0.25, -0.2) is 4.79 Å². The number of hydrogen-bond acceptors (Lipinski definition) is 4. The van der Waals surface area contributed by atoms with Gasteiger partial charge in [0.25, 0.3) is 5.91 Å². The van der Waals surface area contributed by atoms with Crippen molar-refractivity contribution in [3.8, 4) is 5.75 Å². The van der Waals surface area contributed by atoms with Crippen molar-refractivity contribution >= 4 is 23.5 Å². The molecule has 0 bridgehead atoms. The Bertz CT molecular complexity index is 696. The predicted molar refractivity (Wildman–Crippen MR) is 90.5 cm³/mol. The molecule has 1 saturated carbocycles. The van der Waals surface area contributed by atoms with Gasteiger partial charge in [0, 0.05) is 0 Å². The second-order valence-corrected chi connectivity index (χ2v) is 6.65. The maximum absolute atomic E-state index is 12.5. The lowest BCUT2D eigenvalue weighted by Crippen LogP contribution is -2.58. The summed E-state index contributed by atoms with van der Waals surface area (Å²) >= 11 is 0. The molecule has 134 valence electrons. The number of ether oxygens (including phenoxy) is 1. The van der Waals surface area contributed by atoms with Crippen LogP contribution in [0.3, 0.4) is 0 Å². The molecule has 1 aromatic carbocycles. The van der Waals surface area contributed by atoms with Gasteiger partial charge >= 0.3 is 5.97 Å². The number of fused-ring (bicyclic) bond motifs is 1. The Balaban J connectivity index is 1.78. The average Bonchev–Trinajstić information content (AvgIpc) is 2.59. The number of benzene rings is 1. The monoisotopic (exact) mass is 346 g/mol. The molecule has 1 aliphatic heterocycles. The van der Waals surface area contributed by atoms with Crippen LogP contribution in [0.2, 0.25) is 0 Å². The van der Waals surface area contributed by atoms with Crippen molar-refractivity contribution in [3.63, 3.8) is 0 Å². The summed E-state index contributed by atoms with van der Waals surface area (Å²) in [6.45, 7) is 1.40. The van der Waals surface area contributed by atoms with Gasteiger partial charge < -0.3 is 15.2 Å². The zero-order valence-electron chi connectivity index (χ0n) is 14.2. The third-order valence-electron chi connectivity index (χ3n) is 4.87. The predicted octanol–water partition coefficient (Wildman–Crippen LogP) is 1.70. The molecule has 0 aromatic heterocycles. The number of hydrogen-bond donors (Lipinski definition) is 2. The lowest BCUT2D eigenvalue weighted by Gasteiger charge is -2.36. The topological polar surface area (TPSA) is 95.9 Å². The smallest absolute Gasteiger partial charge is 0.329 e. The first-order valence-corrected chi connectivity index (χ1v) is 8.54. The van der Waals surface area contributed by atoms with E-state index in [4.69, 9.17) is 4.74 Å². The first-order chi connectivity index (χ1) is 11.9. The summed E-state index contributed by atoms with van der Waals surface area (Å²) in [5.41, 5.74) is -0.704. The summed E-state index contributed by atoms with van der Waals surface area (Å²) in [7, 11) is 0. The molecule has 2 aliphatic rings. The number of rotatable bonds is 4. The van der Waals surface area contributed by atoms with Crippen molar-refractivity contribution in [3.05, 3.63) is 24.3 Å². The van der Waals surface area contributed by atoms with E-state index in [1.54, 1.807) is 31.2 Å². The highest BCUT2D eigenvalue weighted by atomic mass is 16.5. The molecule has 1 heterocycles. The highest BCUT2D eigenvalue weighted by molar-refractivity contribution is 6.04. The maximum atomic E-state index is 12.5. The van der Waals surface area contributed by atoms with Crippen LogP contribution in [0.1, 0.15) is 39.0 Å². The minimum absolute atomic E-state index is 0.224. The van der Waals surface area contributed by atoms with E-state index < -0.39 is 23.5 Å². The summed E-state index contributed by atoms with van der Waals surface area (Å²) < 4.78 is 5.55. The fourth-order valence-corrected chi connectivity index (χ4v) is 3.52. The Hall–Kier alpha value is -2.57. The van der Waals surface area contributed by atoms with Crippen LogP contribution in [-0.2, 0) is 14.4 Å². The lowest BCUT2D eigenvalue weighted by molar-refractivity contribution is -0.149. The molecule has 0 radical (unpaired) electrons. The molecule has 1 atom stereocenters.